The number of para-hydroxylation sites is 1. The first kappa shape index (κ1) is 53.0. The van der Waals surface area contributed by atoms with Crippen LogP contribution in [-0.4, -0.2) is 152 Å². The number of amides is 4. The van der Waals surface area contributed by atoms with Crippen molar-refractivity contribution in [1.82, 2.24) is 34.9 Å². The maximum atomic E-state index is 13.4. The molecule has 17 nitrogen and oxygen atoms in total. The summed E-state index contributed by atoms with van der Waals surface area (Å²) in [5, 5.41) is 13.0. The lowest BCUT2D eigenvalue weighted by Gasteiger charge is -2.43. The highest BCUT2D eigenvalue weighted by atomic mass is 35.5. The van der Waals surface area contributed by atoms with Crippen molar-refractivity contribution in [3.63, 3.8) is 0 Å². The van der Waals surface area contributed by atoms with E-state index in [4.69, 9.17) is 16.3 Å². The molecule has 4 N–H and O–H groups in total. The number of benzene rings is 3. The molecule has 1 atom stereocenters. The molecule has 3 saturated heterocycles. The van der Waals surface area contributed by atoms with Crippen LogP contribution >= 0.6 is 18.7 Å². The number of hydrogen-bond donors (Lipinski definition) is 4. The molecular formula is C54H67ClN11O6P. The zero-order valence-corrected chi connectivity index (χ0v) is 44.2. The van der Waals surface area contributed by atoms with Gasteiger partial charge in [0.1, 0.15) is 24.0 Å². The highest BCUT2D eigenvalue weighted by Crippen LogP contribution is 2.41. The van der Waals surface area contributed by atoms with E-state index in [-0.39, 0.29) is 35.1 Å². The van der Waals surface area contributed by atoms with Gasteiger partial charge in [-0.25, -0.2) is 4.98 Å². The summed E-state index contributed by atoms with van der Waals surface area (Å²) >= 11 is 6.58. The maximum Gasteiger partial charge on any atom is 0.255 e. The minimum atomic E-state index is -2.62. The number of piperidine rings is 2. The third kappa shape index (κ3) is 13.5. The number of ether oxygens (including phenoxy) is 1. The van der Waals surface area contributed by atoms with Gasteiger partial charge in [0.15, 0.2) is 5.82 Å². The number of methoxy groups -OCH3 is 1. The van der Waals surface area contributed by atoms with Gasteiger partial charge < -0.3 is 44.9 Å². The third-order valence-corrected chi connectivity index (χ3v) is 15.7. The second-order valence-electron chi connectivity index (χ2n) is 19.7. The molecule has 1 aromatic heterocycles. The summed E-state index contributed by atoms with van der Waals surface area (Å²) in [5.74, 6) is 6.63. The Morgan fingerprint density at radius 1 is 0.945 bits per heavy atom. The number of anilines is 6. The fourth-order valence-electron chi connectivity index (χ4n) is 9.96. The summed E-state index contributed by atoms with van der Waals surface area (Å²) in [6.07, 6.45) is 11.4. The van der Waals surface area contributed by atoms with Crippen LogP contribution in [0, 0.1) is 11.8 Å². The molecular weight excluding hydrogens is 965 g/mol. The number of unbranched alkanes of at least 4 members (excludes halogenated alkanes) is 3. The van der Waals surface area contributed by atoms with Gasteiger partial charge in [-0.2, -0.15) is 4.98 Å². The molecule has 0 bridgehead atoms. The Morgan fingerprint density at radius 3 is 2.47 bits per heavy atom. The van der Waals surface area contributed by atoms with Gasteiger partial charge in [-0.1, -0.05) is 54.1 Å². The molecule has 0 saturated carbocycles. The summed E-state index contributed by atoms with van der Waals surface area (Å²) in [6, 6.07) is 16.6. The van der Waals surface area contributed by atoms with Crippen molar-refractivity contribution in [1.29, 1.82) is 0 Å². The van der Waals surface area contributed by atoms with Crippen LogP contribution < -0.4 is 36.2 Å². The van der Waals surface area contributed by atoms with Crippen LogP contribution in [0.3, 0.4) is 0 Å². The Morgan fingerprint density at radius 2 is 1.73 bits per heavy atom. The number of carbonyl (C=O) groups is 4. The molecule has 3 aromatic carbocycles. The summed E-state index contributed by atoms with van der Waals surface area (Å²) in [4.78, 5) is 71.0. The van der Waals surface area contributed by atoms with E-state index in [1.165, 1.54) is 6.20 Å². The second-order valence-corrected chi connectivity index (χ2v) is 23.3. The van der Waals surface area contributed by atoms with E-state index >= 15 is 0 Å². The van der Waals surface area contributed by atoms with E-state index in [1.54, 1.807) is 37.5 Å². The Kier molecular flexibility index (Phi) is 17.6. The predicted molar refractivity (Wildman–Crippen MR) is 290 cm³/mol. The highest BCUT2D eigenvalue weighted by molar-refractivity contribution is 7.70. The van der Waals surface area contributed by atoms with Crippen molar-refractivity contribution in [2.45, 2.75) is 70.0 Å². The van der Waals surface area contributed by atoms with Crippen molar-refractivity contribution < 1.29 is 28.5 Å². The van der Waals surface area contributed by atoms with E-state index in [0.717, 1.165) is 101 Å². The van der Waals surface area contributed by atoms with Crippen LogP contribution in [0.25, 0.3) is 0 Å². The SMILES string of the molecule is COc1cc(N2CCC(N3CCN(CCCCCC#Cc4cccc5c4CN(C4CCC(=O)NC4=O)C5=O)CC3)CC2)c(NC(=O)/C=C/CN(C)C)cc1Nc1ncc(Cl)c(Nc2ccccc2P(C)(C)=O)n1. The van der Waals surface area contributed by atoms with Gasteiger partial charge in [0.25, 0.3) is 5.91 Å². The first-order valence-corrected chi connectivity index (χ1v) is 28.1. The lowest BCUT2D eigenvalue weighted by Crippen LogP contribution is -2.53. The molecule has 4 aliphatic heterocycles. The summed E-state index contributed by atoms with van der Waals surface area (Å²) in [5.41, 5.74) is 4.95. The molecule has 73 heavy (non-hydrogen) atoms. The van der Waals surface area contributed by atoms with Crippen LogP contribution in [0.2, 0.25) is 5.02 Å². The molecule has 0 radical (unpaired) electrons. The quantitative estimate of drug-likeness (QED) is 0.0266. The number of likely N-dealkylation sites (N-methyl/N-ethyl adjacent to an activating group) is 1. The average molecular weight is 1030 g/mol. The monoisotopic (exact) mass is 1030 g/mol. The number of aromatic nitrogens is 2. The molecule has 8 rings (SSSR count). The highest BCUT2D eigenvalue weighted by Gasteiger charge is 2.40. The van der Waals surface area contributed by atoms with Gasteiger partial charge in [0, 0.05) is 99.8 Å². The average Bonchev–Trinajstić information content (AvgIpc) is 3.70. The van der Waals surface area contributed by atoms with E-state index in [2.05, 4.69) is 57.8 Å². The minimum Gasteiger partial charge on any atom is -0.494 e. The molecule has 4 aliphatic rings. The maximum absolute atomic E-state index is 13.4. The molecule has 386 valence electrons. The zero-order chi connectivity index (χ0) is 51.6. The Balaban J connectivity index is 0.829. The number of piperazine rings is 1. The minimum absolute atomic E-state index is 0.182. The first-order chi connectivity index (χ1) is 35.1. The van der Waals surface area contributed by atoms with E-state index in [1.807, 2.05) is 73.6 Å². The topological polar surface area (TPSA) is 185 Å². The summed E-state index contributed by atoms with van der Waals surface area (Å²) in [6.45, 7) is 11.2. The number of hydrogen-bond acceptors (Lipinski definition) is 14. The fourth-order valence-corrected chi connectivity index (χ4v) is 11.3. The number of nitrogens with one attached hydrogen (secondary N) is 4. The molecule has 0 aliphatic carbocycles. The molecule has 4 amide bonds. The van der Waals surface area contributed by atoms with Gasteiger partial charge in [-0.05, 0) is 102 Å². The van der Waals surface area contributed by atoms with Gasteiger partial charge in [0.05, 0.1) is 36.1 Å². The Bertz CT molecular complexity index is 2830. The van der Waals surface area contributed by atoms with Crippen LogP contribution in [0.5, 0.6) is 5.75 Å². The number of fused-ring (bicyclic) bond motifs is 1. The van der Waals surface area contributed by atoms with Gasteiger partial charge in [-0.15, -0.1) is 0 Å². The molecule has 0 spiro atoms. The molecule has 3 fully saturated rings. The number of carbonyl (C=O) groups excluding carboxylic acids is 4. The van der Waals surface area contributed by atoms with Crippen LogP contribution in [0.4, 0.5) is 34.5 Å². The largest absolute Gasteiger partial charge is 0.494 e. The van der Waals surface area contributed by atoms with Crippen molar-refractivity contribution in [3.8, 4) is 17.6 Å². The van der Waals surface area contributed by atoms with E-state index < -0.39 is 19.1 Å². The molecule has 4 aromatic rings. The second kappa shape index (κ2) is 24.2. The van der Waals surface area contributed by atoms with Crippen LogP contribution in [0.1, 0.15) is 72.9 Å². The van der Waals surface area contributed by atoms with Crippen LogP contribution in [-0.2, 0) is 25.5 Å². The molecule has 19 heteroatoms. The Hall–Kier alpha value is -6.28. The number of rotatable bonds is 18. The van der Waals surface area contributed by atoms with E-state index in [9.17, 15) is 23.7 Å². The third-order valence-electron chi connectivity index (χ3n) is 13.9. The smallest absolute Gasteiger partial charge is 0.255 e. The van der Waals surface area contributed by atoms with Crippen molar-refractivity contribution >= 4 is 82.2 Å². The van der Waals surface area contributed by atoms with Crippen LogP contribution in [0.15, 0.2) is 72.9 Å². The zero-order valence-electron chi connectivity index (χ0n) is 42.5. The lowest BCUT2D eigenvalue weighted by molar-refractivity contribution is -0.137. The summed E-state index contributed by atoms with van der Waals surface area (Å²) < 4.78 is 19.0. The van der Waals surface area contributed by atoms with E-state index in [0.29, 0.717) is 65.0 Å². The fraction of sp³-hybridized carbons (Fsp3) is 0.444. The molecule has 1 unspecified atom stereocenters. The van der Waals surface area contributed by atoms with Gasteiger partial charge in [0.2, 0.25) is 23.7 Å². The first-order valence-electron chi connectivity index (χ1n) is 25.2. The standard InChI is InChI=1S/C54H67ClN11O6P/c1-62(2)25-14-20-49(67)57-43-33-44(59-54-56-35-41(55)51(61-54)58-42-18-10-11-19-48(42)73(4,5)71)47(72-3)34-46(43)65-27-23-38(24-28-65)64-31-29-63(30-32-64)26-12-8-6-7-9-15-37-16-13-17-39-40(37)36-66(53(39)70)45-21-22-50(68)60-52(45)69/h10-11,13-14,16-20,33-35,38,45H,6-8,12,21-32,36H2,1-5H3,(H,57,67)(H,60,68,69)(H2,56,58,59,61)/b20-14+. The number of halogens is 1. The number of nitrogens with zero attached hydrogens (tertiary/aromatic N) is 7. The van der Waals surface area contributed by atoms with Gasteiger partial charge >= 0.3 is 0 Å². The predicted octanol–water partition coefficient (Wildman–Crippen LogP) is 6.89. The van der Waals surface area contributed by atoms with Crippen molar-refractivity contribution in [2.24, 2.45) is 0 Å². The van der Waals surface area contributed by atoms with Gasteiger partial charge in [-0.3, -0.25) is 29.4 Å². The Labute approximate surface area is 433 Å². The summed E-state index contributed by atoms with van der Waals surface area (Å²) in [7, 11) is 2.89. The molecule has 5 heterocycles. The lowest BCUT2D eigenvalue weighted by atomic mass is 10.0. The van der Waals surface area contributed by atoms with Crippen molar-refractivity contribution in [2.75, 3.05) is 108 Å². The number of imide groups is 1. The van der Waals surface area contributed by atoms with Crippen molar-refractivity contribution in [3.05, 3.63) is 94.7 Å². The normalized spacial score (nSPS) is 17.9.